The molecule has 0 unspecified atom stereocenters. The molecule has 2 heterocycles. The van der Waals surface area contributed by atoms with Crippen molar-refractivity contribution in [2.45, 2.75) is 13.5 Å². The summed E-state index contributed by atoms with van der Waals surface area (Å²) in [6.07, 6.45) is 1.55. The summed E-state index contributed by atoms with van der Waals surface area (Å²) in [7, 11) is 0. The molecular weight excluding hydrogens is 405 g/mol. The number of amides is 1. The number of rotatable bonds is 4. The molecule has 150 valence electrons. The van der Waals surface area contributed by atoms with Gasteiger partial charge in [0.1, 0.15) is 17.0 Å². The first-order chi connectivity index (χ1) is 14.5. The molecule has 1 N–H and O–H groups in total. The van der Waals surface area contributed by atoms with Gasteiger partial charge in [0, 0.05) is 27.9 Å². The van der Waals surface area contributed by atoms with Gasteiger partial charge in [-0.3, -0.25) is 14.2 Å². The maximum absolute atomic E-state index is 14.2. The van der Waals surface area contributed by atoms with Crippen LogP contribution in [0.5, 0.6) is 0 Å². The van der Waals surface area contributed by atoms with Crippen LogP contribution in [0.2, 0.25) is 5.02 Å². The lowest BCUT2D eigenvalue weighted by Gasteiger charge is -2.14. The molecule has 1 amide bonds. The molecule has 30 heavy (non-hydrogen) atoms. The Morgan fingerprint density at radius 2 is 1.93 bits per heavy atom. The minimum atomic E-state index is -0.571. The smallest absolute Gasteiger partial charge is 0.265 e. The van der Waals surface area contributed by atoms with Gasteiger partial charge in [-0.2, -0.15) is 0 Å². The van der Waals surface area contributed by atoms with Crippen molar-refractivity contribution in [3.05, 3.63) is 105 Å². The van der Waals surface area contributed by atoms with Gasteiger partial charge in [0.05, 0.1) is 6.54 Å². The number of hydrogen-bond donors (Lipinski definition) is 1. The predicted octanol–water partition coefficient (Wildman–Crippen LogP) is 4.80. The van der Waals surface area contributed by atoms with E-state index in [9.17, 15) is 14.0 Å². The molecule has 0 saturated carbocycles. The van der Waals surface area contributed by atoms with E-state index in [-0.39, 0.29) is 12.1 Å². The highest BCUT2D eigenvalue weighted by molar-refractivity contribution is 6.31. The van der Waals surface area contributed by atoms with Gasteiger partial charge in [-0.25, -0.2) is 9.37 Å². The lowest BCUT2D eigenvalue weighted by atomic mass is 10.1. The van der Waals surface area contributed by atoms with Crippen LogP contribution < -0.4 is 10.9 Å². The van der Waals surface area contributed by atoms with E-state index < -0.39 is 17.3 Å². The summed E-state index contributed by atoms with van der Waals surface area (Å²) in [6, 6.07) is 16.3. The molecule has 0 saturated heterocycles. The Bertz CT molecular complexity index is 1330. The average Bonchev–Trinajstić information content (AvgIpc) is 2.74. The number of fused-ring (bicyclic) bond motifs is 1. The number of nitrogens with one attached hydrogen (secondary N) is 1. The highest BCUT2D eigenvalue weighted by Gasteiger charge is 2.18. The van der Waals surface area contributed by atoms with Crippen LogP contribution >= 0.6 is 11.6 Å². The first-order valence-corrected chi connectivity index (χ1v) is 9.62. The van der Waals surface area contributed by atoms with Gasteiger partial charge in [0.15, 0.2) is 0 Å². The van der Waals surface area contributed by atoms with Crippen LogP contribution in [0.3, 0.4) is 0 Å². The van der Waals surface area contributed by atoms with E-state index in [0.29, 0.717) is 32.9 Å². The maximum Gasteiger partial charge on any atom is 0.265 e. The van der Waals surface area contributed by atoms with Crippen LogP contribution in [0.15, 0.2) is 71.7 Å². The Morgan fingerprint density at radius 1 is 1.13 bits per heavy atom. The summed E-state index contributed by atoms with van der Waals surface area (Å²) in [4.78, 5) is 30.4. The van der Waals surface area contributed by atoms with Gasteiger partial charge in [-0.1, -0.05) is 35.9 Å². The fraction of sp³-hybridized carbons (Fsp3) is 0.0870. The molecule has 2 aromatic heterocycles. The Hall–Kier alpha value is -3.51. The summed E-state index contributed by atoms with van der Waals surface area (Å²) in [5, 5.41) is 3.85. The minimum Gasteiger partial charge on any atom is -0.322 e. The summed E-state index contributed by atoms with van der Waals surface area (Å²) in [5.74, 6) is -1.00. The molecule has 2 aromatic carbocycles. The van der Waals surface area contributed by atoms with Crippen LogP contribution in [0.1, 0.15) is 21.5 Å². The van der Waals surface area contributed by atoms with E-state index >= 15 is 0 Å². The van der Waals surface area contributed by atoms with E-state index in [2.05, 4.69) is 10.3 Å². The molecule has 5 nitrogen and oxygen atoms in total. The van der Waals surface area contributed by atoms with E-state index in [0.717, 1.165) is 0 Å². The number of nitrogens with zero attached hydrogens (tertiary/aromatic N) is 2. The van der Waals surface area contributed by atoms with Gasteiger partial charge in [-0.15, -0.1) is 0 Å². The second-order valence-electron chi connectivity index (χ2n) is 6.82. The largest absolute Gasteiger partial charge is 0.322 e. The SMILES string of the molecule is Cc1c(Cl)cccc1NC(=O)c1cc2cccnc2n(Cc2ccccc2F)c1=O. The normalized spacial score (nSPS) is 10.9. The first-order valence-electron chi connectivity index (χ1n) is 9.24. The van der Waals surface area contributed by atoms with Gasteiger partial charge >= 0.3 is 0 Å². The van der Waals surface area contributed by atoms with Gasteiger partial charge < -0.3 is 5.32 Å². The number of carbonyl (C=O) groups is 1. The zero-order chi connectivity index (χ0) is 21.3. The molecule has 0 spiro atoms. The molecule has 0 aliphatic heterocycles. The van der Waals surface area contributed by atoms with Gasteiger partial charge in [-0.05, 0) is 48.9 Å². The second kappa shape index (κ2) is 8.08. The second-order valence-corrected chi connectivity index (χ2v) is 7.23. The highest BCUT2D eigenvalue weighted by Crippen LogP contribution is 2.23. The number of carbonyl (C=O) groups excluding carboxylic acids is 1. The third-order valence-corrected chi connectivity index (χ3v) is 5.30. The average molecular weight is 422 g/mol. The minimum absolute atomic E-state index is 0.0453. The van der Waals surface area contributed by atoms with E-state index in [1.807, 2.05) is 0 Å². The molecular formula is C23H17ClFN3O2. The van der Waals surface area contributed by atoms with Crippen molar-refractivity contribution in [3.8, 4) is 0 Å². The summed E-state index contributed by atoms with van der Waals surface area (Å²) < 4.78 is 15.5. The zero-order valence-electron chi connectivity index (χ0n) is 16.0. The molecule has 0 atom stereocenters. The number of aromatic nitrogens is 2. The Morgan fingerprint density at radius 3 is 2.73 bits per heavy atom. The van der Waals surface area contributed by atoms with Gasteiger partial charge in [0.25, 0.3) is 11.5 Å². The fourth-order valence-electron chi connectivity index (χ4n) is 3.25. The van der Waals surface area contributed by atoms with Crippen LogP contribution in [-0.4, -0.2) is 15.5 Å². The lowest BCUT2D eigenvalue weighted by molar-refractivity contribution is 0.102. The Kier molecular flexibility index (Phi) is 5.33. The molecule has 4 aromatic rings. The van der Waals surface area contributed by atoms with Crippen molar-refractivity contribution in [2.24, 2.45) is 0 Å². The fourth-order valence-corrected chi connectivity index (χ4v) is 3.42. The standard InChI is InChI=1S/C23H17ClFN3O2/c1-14-18(24)8-4-10-20(14)27-22(29)17-12-15-7-5-11-26-21(15)28(23(17)30)13-16-6-2-3-9-19(16)25/h2-12H,13H2,1H3,(H,27,29). The molecule has 0 aliphatic carbocycles. The van der Waals surface area contributed by atoms with Crippen molar-refractivity contribution in [1.29, 1.82) is 0 Å². The topological polar surface area (TPSA) is 64.0 Å². The Labute approximate surface area is 176 Å². The van der Waals surface area contributed by atoms with Crippen molar-refractivity contribution in [1.82, 2.24) is 9.55 Å². The lowest BCUT2D eigenvalue weighted by Crippen LogP contribution is -2.30. The van der Waals surface area contributed by atoms with Crippen molar-refractivity contribution < 1.29 is 9.18 Å². The summed E-state index contributed by atoms with van der Waals surface area (Å²) >= 11 is 6.12. The molecule has 0 radical (unpaired) electrons. The van der Waals surface area contributed by atoms with Crippen molar-refractivity contribution in [3.63, 3.8) is 0 Å². The number of pyridine rings is 2. The third kappa shape index (κ3) is 3.69. The molecule has 7 heteroatoms. The first kappa shape index (κ1) is 19.8. The Balaban J connectivity index is 1.82. The van der Waals surface area contributed by atoms with E-state index in [4.69, 9.17) is 11.6 Å². The number of benzene rings is 2. The van der Waals surface area contributed by atoms with Crippen LogP contribution in [-0.2, 0) is 6.54 Å². The van der Waals surface area contributed by atoms with Gasteiger partial charge in [0.2, 0.25) is 0 Å². The van der Waals surface area contributed by atoms with Crippen molar-refractivity contribution in [2.75, 3.05) is 5.32 Å². The highest BCUT2D eigenvalue weighted by atomic mass is 35.5. The van der Waals surface area contributed by atoms with Crippen LogP contribution in [0.25, 0.3) is 11.0 Å². The molecule has 0 fully saturated rings. The monoisotopic (exact) mass is 421 g/mol. The molecule has 0 aliphatic rings. The van der Waals surface area contributed by atoms with E-state index in [1.165, 1.54) is 16.7 Å². The molecule has 0 bridgehead atoms. The third-order valence-electron chi connectivity index (χ3n) is 4.89. The number of halogens is 2. The van der Waals surface area contributed by atoms with Crippen LogP contribution in [0, 0.1) is 12.7 Å². The maximum atomic E-state index is 14.2. The number of anilines is 1. The van der Waals surface area contributed by atoms with E-state index in [1.54, 1.807) is 61.7 Å². The molecule has 4 rings (SSSR count). The quantitative estimate of drug-likeness (QED) is 0.515. The zero-order valence-corrected chi connectivity index (χ0v) is 16.8. The summed E-state index contributed by atoms with van der Waals surface area (Å²) in [6.45, 7) is 1.73. The van der Waals surface area contributed by atoms with Crippen molar-refractivity contribution >= 4 is 34.2 Å². The predicted molar refractivity (Wildman–Crippen MR) is 116 cm³/mol. The number of hydrogen-bond acceptors (Lipinski definition) is 3. The summed E-state index contributed by atoms with van der Waals surface area (Å²) in [5.41, 5.74) is 1.30. The van der Waals surface area contributed by atoms with Crippen LogP contribution in [0.4, 0.5) is 10.1 Å².